The molecule has 2 aromatic rings. The predicted octanol–water partition coefficient (Wildman–Crippen LogP) is 2.02. The standard InChI is InChI=1S/C12H9NO4/c1-15-12(14)10-8-6-16-9-5-3-2-4-7(9)11(8)17-13-10/h2-5H,6H2,1H3. The molecular formula is C12H9NO4. The number of ether oxygens (including phenoxy) is 2. The first-order chi connectivity index (χ1) is 8.31. The number of fused-ring (bicyclic) bond motifs is 3. The Morgan fingerprint density at radius 3 is 3.06 bits per heavy atom. The zero-order valence-corrected chi connectivity index (χ0v) is 9.10. The molecule has 0 bridgehead atoms. The van der Waals surface area contributed by atoms with Gasteiger partial charge < -0.3 is 14.0 Å². The fourth-order valence-corrected chi connectivity index (χ4v) is 1.84. The predicted molar refractivity (Wildman–Crippen MR) is 57.6 cm³/mol. The SMILES string of the molecule is COC(=O)c1noc2c1COc1ccccc1-2. The van der Waals surface area contributed by atoms with E-state index in [1.54, 1.807) is 0 Å². The molecule has 86 valence electrons. The molecular weight excluding hydrogens is 222 g/mol. The average Bonchev–Trinajstić information content (AvgIpc) is 2.82. The van der Waals surface area contributed by atoms with Gasteiger partial charge in [0, 0.05) is 0 Å². The molecule has 1 aromatic carbocycles. The molecule has 3 rings (SSSR count). The first kappa shape index (κ1) is 9.89. The van der Waals surface area contributed by atoms with E-state index >= 15 is 0 Å². The lowest BCUT2D eigenvalue weighted by atomic mass is 10.0. The van der Waals surface area contributed by atoms with E-state index in [-0.39, 0.29) is 12.3 Å². The van der Waals surface area contributed by atoms with E-state index in [4.69, 9.17) is 9.26 Å². The lowest BCUT2D eigenvalue weighted by Gasteiger charge is -2.15. The van der Waals surface area contributed by atoms with Crippen LogP contribution >= 0.6 is 0 Å². The molecule has 0 radical (unpaired) electrons. The molecule has 2 heterocycles. The molecule has 5 heteroatoms. The van der Waals surface area contributed by atoms with Gasteiger partial charge in [-0.1, -0.05) is 17.3 Å². The van der Waals surface area contributed by atoms with Gasteiger partial charge >= 0.3 is 5.97 Å². The highest BCUT2D eigenvalue weighted by molar-refractivity contribution is 5.91. The maximum atomic E-state index is 11.5. The van der Waals surface area contributed by atoms with Crippen LogP contribution in [0.4, 0.5) is 0 Å². The second-order valence-electron chi connectivity index (χ2n) is 3.62. The van der Waals surface area contributed by atoms with Crippen LogP contribution in [0.15, 0.2) is 28.8 Å². The highest BCUT2D eigenvalue weighted by Gasteiger charge is 2.28. The molecule has 0 unspecified atom stereocenters. The maximum absolute atomic E-state index is 11.5. The van der Waals surface area contributed by atoms with Crippen molar-refractivity contribution in [3.63, 3.8) is 0 Å². The number of aromatic nitrogens is 1. The van der Waals surface area contributed by atoms with Crippen LogP contribution in [0.1, 0.15) is 16.1 Å². The van der Waals surface area contributed by atoms with E-state index in [0.29, 0.717) is 11.3 Å². The summed E-state index contributed by atoms with van der Waals surface area (Å²) in [6.07, 6.45) is 0. The Hall–Kier alpha value is -2.30. The van der Waals surface area contributed by atoms with Crippen LogP contribution in [0.3, 0.4) is 0 Å². The quantitative estimate of drug-likeness (QED) is 0.702. The average molecular weight is 231 g/mol. The molecule has 0 amide bonds. The molecule has 0 saturated carbocycles. The maximum Gasteiger partial charge on any atom is 0.360 e. The van der Waals surface area contributed by atoms with Gasteiger partial charge in [-0.25, -0.2) is 4.79 Å². The normalized spacial score (nSPS) is 12.3. The minimum Gasteiger partial charge on any atom is -0.488 e. The van der Waals surface area contributed by atoms with Crippen LogP contribution < -0.4 is 4.74 Å². The molecule has 17 heavy (non-hydrogen) atoms. The van der Waals surface area contributed by atoms with E-state index in [1.165, 1.54) is 7.11 Å². The van der Waals surface area contributed by atoms with Crippen LogP contribution in [0, 0.1) is 0 Å². The Labute approximate surface area is 96.9 Å². The van der Waals surface area contributed by atoms with Crippen molar-refractivity contribution in [1.82, 2.24) is 5.16 Å². The third-order valence-electron chi connectivity index (χ3n) is 2.67. The van der Waals surface area contributed by atoms with Crippen molar-refractivity contribution in [2.45, 2.75) is 6.61 Å². The second-order valence-corrected chi connectivity index (χ2v) is 3.62. The van der Waals surface area contributed by atoms with Gasteiger partial charge in [-0.2, -0.15) is 0 Å². The number of carbonyl (C=O) groups is 1. The third kappa shape index (κ3) is 1.39. The van der Waals surface area contributed by atoms with Crippen LogP contribution in [0.25, 0.3) is 11.3 Å². The van der Waals surface area contributed by atoms with Crippen LogP contribution in [-0.2, 0) is 11.3 Å². The van der Waals surface area contributed by atoms with Gasteiger partial charge in [0.25, 0.3) is 0 Å². The van der Waals surface area contributed by atoms with E-state index < -0.39 is 5.97 Å². The summed E-state index contributed by atoms with van der Waals surface area (Å²) in [6, 6.07) is 7.46. The highest BCUT2D eigenvalue weighted by Crippen LogP contribution is 2.38. The fraction of sp³-hybridized carbons (Fsp3) is 0.167. The van der Waals surface area contributed by atoms with Gasteiger partial charge in [0.2, 0.25) is 0 Å². The monoisotopic (exact) mass is 231 g/mol. The number of hydrogen-bond acceptors (Lipinski definition) is 5. The Morgan fingerprint density at radius 2 is 2.24 bits per heavy atom. The minimum atomic E-state index is -0.516. The van der Waals surface area contributed by atoms with Crippen molar-refractivity contribution in [1.29, 1.82) is 0 Å². The number of rotatable bonds is 1. The van der Waals surface area contributed by atoms with Crippen molar-refractivity contribution in [2.75, 3.05) is 7.11 Å². The number of nitrogens with zero attached hydrogens (tertiary/aromatic N) is 1. The van der Waals surface area contributed by atoms with E-state index in [9.17, 15) is 4.79 Å². The summed E-state index contributed by atoms with van der Waals surface area (Å²) in [4.78, 5) is 11.5. The molecule has 0 fully saturated rings. The second kappa shape index (κ2) is 3.62. The molecule has 0 N–H and O–H groups in total. The fourth-order valence-electron chi connectivity index (χ4n) is 1.84. The van der Waals surface area contributed by atoms with Crippen molar-refractivity contribution in [2.24, 2.45) is 0 Å². The summed E-state index contributed by atoms with van der Waals surface area (Å²) in [6.45, 7) is 0.264. The number of hydrogen-bond donors (Lipinski definition) is 0. The van der Waals surface area contributed by atoms with Gasteiger partial charge in [0.1, 0.15) is 12.4 Å². The van der Waals surface area contributed by atoms with Crippen molar-refractivity contribution in [3.05, 3.63) is 35.5 Å². The Balaban J connectivity index is 2.16. The number of methoxy groups -OCH3 is 1. The van der Waals surface area contributed by atoms with Gasteiger partial charge in [-0.3, -0.25) is 0 Å². The van der Waals surface area contributed by atoms with Gasteiger partial charge in [-0.15, -0.1) is 0 Å². The Kier molecular flexibility index (Phi) is 2.11. The molecule has 0 saturated heterocycles. The van der Waals surface area contributed by atoms with Gasteiger partial charge in [0.05, 0.1) is 18.2 Å². The van der Waals surface area contributed by atoms with Gasteiger partial charge in [-0.05, 0) is 12.1 Å². The van der Waals surface area contributed by atoms with Crippen molar-refractivity contribution < 1.29 is 18.8 Å². The summed E-state index contributed by atoms with van der Waals surface area (Å²) in [5.41, 5.74) is 1.61. The highest BCUT2D eigenvalue weighted by atomic mass is 16.5. The van der Waals surface area contributed by atoms with E-state index in [0.717, 1.165) is 11.3 Å². The zero-order valence-electron chi connectivity index (χ0n) is 9.10. The van der Waals surface area contributed by atoms with E-state index in [1.807, 2.05) is 24.3 Å². The zero-order chi connectivity index (χ0) is 11.8. The lowest BCUT2D eigenvalue weighted by Crippen LogP contribution is -2.10. The number of para-hydroxylation sites is 1. The summed E-state index contributed by atoms with van der Waals surface area (Å²) in [5, 5.41) is 3.74. The van der Waals surface area contributed by atoms with E-state index in [2.05, 4.69) is 9.89 Å². The smallest absolute Gasteiger partial charge is 0.360 e. The summed E-state index contributed by atoms with van der Waals surface area (Å²) < 4.78 is 15.4. The minimum absolute atomic E-state index is 0.178. The molecule has 1 aliphatic heterocycles. The largest absolute Gasteiger partial charge is 0.488 e. The number of esters is 1. The van der Waals surface area contributed by atoms with Crippen LogP contribution in [0.5, 0.6) is 5.75 Å². The lowest BCUT2D eigenvalue weighted by molar-refractivity contribution is 0.0586. The van der Waals surface area contributed by atoms with Crippen molar-refractivity contribution in [3.8, 4) is 17.1 Å². The summed E-state index contributed by atoms with van der Waals surface area (Å²) in [7, 11) is 1.31. The molecule has 0 spiro atoms. The van der Waals surface area contributed by atoms with Gasteiger partial charge in [0.15, 0.2) is 11.5 Å². The molecule has 0 aliphatic carbocycles. The topological polar surface area (TPSA) is 61.6 Å². The molecule has 1 aliphatic rings. The number of carbonyl (C=O) groups excluding carboxylic acids is 1. The first-order valence-corrected chi connectivity index (χ1v) is 5.10. The Bertz CT molecular complexity index is 588. The summed E-state index contributed by atoms with van der Waals surface area (Å²) in [5.74, 6) is 0.790. The molecule has 1 aromatic heterocycles. The van der Waals surface area contributed by atoms with Crippen LogP contribution in [0.2, 0.25) is 0 Å². The Morgan fingerprint density at radius 1 is 1.41 bits per heavy atom. The first-order valence-electron chi connectivity index (χ1n) is 5.10. The third-order valence-corrected chi connectivity index (χ3v) is 2.67. The molecule has 0 atom stereocenters. The molecule has 5 nitrogen and oxygen atoms in total. The summed E-state index contributed by atoms with van der Waals surface area (Å²) >= 11 is 0. The number of benzene rings is 1. The van der Waals surface area contributed by atoms with Crippen LogP contribution in [-0.4, -0.2) is 18.2 Å². The van der Waals surface area contributed by atoms with Crippen molar-refractivity contribution >= 4 is 5.97 Å².